The molecule has 0 spiro atoms. The molecule has 3 rings (SSSR count). The fourth-order valence-corrected chi connectivity index (χ4v) is 4.08. The van der Waals surface area contributed by atoms with E-state index in [-0.39, 0.29) is 0 Å². The first-order valence-corrected chi connectivity index (χ1v) is 7.99. The smallest absolute Gasteiger partial charge is 0.243 e. The molecule has 1 aromatic rings. The van der Waals surface area contributed by atoms with Crippen LogP contribution in [0.1, 0.15) is 12.0 Å². The molecule has 0 aromatic heterocycles. The van der Waals surface area contributed by atoms with E-state index in [1.54, 1.807) is 16.4 Å². The van der Waals surface area contributed by atoms with Gasteiger partial charge in [-0.2, -0.15) is 4.31 Å². The van der Waals surface area contributed by atoms with E-state index in [4.69, 9.17) is 0 Å². The monoisotopic (exact) mass is 278 g/mol. The maximum absolute atomic E-state index is 12.6. The minimum absolute atomic E-state index is 0.394. The lowest BCUT2D eigenvalue weighted by atomic mass is 10.1. The summed E-state index contributed by atoms with van der Waals surface area (Å²) >= 11 is 0. The van der Waals surface area contributed by atoms with E-state index < -0.39 is 10.0 Å². The molecule has 5 heteroatoms. The van der Waals surface area contributed by atoms with Crippen molar-refractivity contribution < 1.29 is 8.42 Å². The van der Waals surface area contributed by atoms with E-state index in [1.165, 1.54) is 11.1 Å². The molecule has 0 atom stereocenters. The molecule has 2 heterocycles. The third kappa shape index (κ3) is 2.33. The zero-order valence-corrected chi connectivity index (χ0v) is 11.8. The molecule has 2 aliphatic rings. The van der Waals surface area contributed by atoms with Gasteiger partial charge in [0.1, 0.15) is 0 Å². The Morgan fingerprint density at radius 2 is 1.79 bits per heavy atom. The van der Waals surface area contributed by atoms with Crippen molar-refractivity contribution in [2.24, 2.45) is 0 Å². The number of sulfonamides is 1. The van der Waals surface area contributed by atoms with Crippen molar-refractivity contribution in [3.05, 3.63) is 41.0 Å². The largest absolute Gasteiger partial charge is 0.313 e. The van der Waals surface area contributed by atoms with Gasteiger partial charge in [-0.25, -0.2) is 8.42 Å². The molecular weight excluding hydrogens is 260 g/mol. The molecule has 0 fully saturated rings. The van der Waals surface area contributed by atoms with Gasteiger partial charge in [0.15, 0.2) is 0 Å². The second kappa shape index (κ2) is 4.74. The van der Waals surface area contributed by atoms with Crippen molar-refractivity contribution in [2.45, 2.75) is 18.2 Å². The Hall–Kier alpha value is -1.17. The number of benzene rings is 1. The predicted octanol–water partition coefficient (Wildman–Crippen LogP) is 1.29. The van der Waals surface area contributed by atoms with Crippen LogP contribution in [0.15, 0.2) is 40.3 Å². The normalized spacial score (nSPS) is 20.7. The van der Waals surface area contributed by atoms with Crippen LogP contribution in [0.3, 0.4) is 0 Å². The van der Waals surface area contributed by atoms with Crippen LogP contribution in [-0.4, -0.2) is 38.9 Å². The van der Waals surface area contributed by atoms with Gasteiger partial charge in [0.25, 0.3) is 0 Å². The SMILES string of the molecule is Cc1ccc(S(=O)(=O)N2CC3=C(CNCC3)C2)cc1. The van der Waals surface area contributed by atoms with Crippen molar-refractivity contribution in [3.8, 4) is 0 Å². The van der Waals surface area contributed by atoms with Crippen LogP contribution in [0.25, 0.3) is 0 Å². The highest BCUT2D eigenvalue weighted by Crippen LogP contribution is 2.27. The average molecular weight is 278 g/mol. The first kappa shape index (κ1) is 12.8. The summed E-state index contributed by atoms with van der Waals surface area (Å²) in [6.45, 7) is 4.84. The molecule has 0 saturated carbocycles. The zero-order valence-electron chi connectivity index (χ0n) is 11.0. The van der Waals surface area contributed by atoms with E-state index in [2.05, 4.69) is 5.32 Å². The molecule has 0 aliphatic carbocycles. The maximum atomic E-state index is 12.6. The summed E-state index contributed by atoms with van der Waals surface area (Å²) in [6.07, 6.45) is 0.968. The van der Waals surface area contributed by atoms with E-state index in [9.17, 15) is 8.42 Å². The Labute approximate surface area is 114 Å². The molecule has 102 valence electrons. The maximum Gasteiger partial charge on any atom is 0.243 e. The summed E-state index contributed by atoms with van der Waals surface area (Å²) < 4.78 is 26.7. The van der Waals surface area contributed by atoms with Crippen LogP contribution in [0.4, 0.5) is 0 Å². The molecule has 4 nitrogen and oxygen atoms in total. The number of nitrogens with zero attached hydrogens (tertiary/aromatic N) is 1. The van der Waals surface area contributed by atoms with Crippen molar-refractivity contribution >= 4 is 10.0 Å². The van der Waals surface area contributed by atoms with Crippen molar-refractivity contribution in [2.75, 3.05) is 26.2 Å². The number of hydrogen-bond acceptors (Lipinski definition) is 3. The molecular formula is C14H18N2O2S. The first-order chi connectivity index (χ1) is 9.07. The summed E-state index contributed by atoms with van der Waals surface area (Å²) in [5.41, 5.74) is 3.62. The zero-order chi connectivity index (χ0) is 13.5. The van der Waals surface area contributed by atoms with E-state index >= 15 is 0 Å². The highest BCUT2D eigenvalue weighted by Gasteiger charge is 2.32. The predicted molar refractivity (Wildman–Crippen MR) is 74.5 cm³/mol. The molecule has 0 bridgehead atoms. The number of nitrogens with one attached hydrogen (secondary N) is 1. The second-order valence-corrected chi connectivity index (χ2v) is 7.16. The summed E-state index contributed by atoms with van der Waals surface area (Å²) in [5, 5.41) is 3.30. The third-order valence-corrected chi connectivity index (χ3v) is 5.64. The molecule has 0 unspecified atom stereocenters. The van der Waals surface area contributed by atoms with E-state index in [1.807, 2.05) is 19.1 Å². The third-order valence-electron chi connectivity index (χ3n) is 3.84. The Balaban J connectivity index is 1.85. The van der Waals surface area contributed by atoms with Crippen molar-refractivity contribution in [3.63, 3.8) is 0 Å². The molecule has 1 aromatic carbocycles. The summed E-state index contributed by atoms with van der Waals surface area (Å²) in [4.78, 5) is 0.394. The Morgan fingerprint density at radius 1 is 1.11 bits per heavy atom. The van der Waals surface area contributed by atoms with Gasteiger partial charge < -0.3 is 5.32 Å². The molecule has 2 aliphatic heterocycles. The Kier molecular flexibility index (Phi) is 3.20. The highest BCUT2D eigenvalue weighted by atomic mass is 32.2. The van der Waals surface area contributed by atoms with Gasteiger partial charge in [-0.3, -0.25) is 0 Å². The van der Waals surface area contributed by atoms with Gasteiger partial charge >= 0.3 is 0 Å². The van der Waals surface area contributed by atoms with Crippen LogP contribution < -0.4 is 5.32 Å². The van der Waals surface area contributed by atoms with Gasteiger partial charge in [0.05, 0.1) is 4.90 Å². The molecule has 0 saturated heterocycles. The van der Waals surface area contributed by atoms with Gasteiger partial charge in [-0.1, -0.05) is 23.3 Å². The van der Waals surface area contributed by atoms with Crippen LogP contribution >= 0.6 is 0 Å². The van der Waals surface area contributed by atoms with Gasteiger partial charge in [0, 0.05) is 19.6 Å². The Bertz CT molecular complexity index is 599. The minimum atomic E-state index is -3.35. The molecule has 19 heavy (non-hydrogen) atoms. The fourth-order valence-electron chi connectivity index (χ4n) is 2.65. The second-order valence-electron chi connectivity index (χ2n) is 5.22. The summed E-state index contributed by atoms with van der Waals surface area (Å²) in [7, 11) is -3.35. The topological polar surface area (TPSA) is 49.4 Å². The van der Waals surface area contributed by atoms with E-state index in [0.717, 1.165) is 25.1 Å². The highest BCUT2D eigenvalue weighted by molar-refractivity contribution is 7.89. The quantitative estimate of drug-likeness (QED) is 0.829. The first-order valence-electron chi connectivity index (χ1n) is 6.55. The number of hydrogen-bond donors (Lipinski definition) is 1. The minimum Gasteiger partial charge on any atom is -0.313 e. The fraction of sp³-hybridized carbons (Fsp3) is 0.429. The summed E-state index contributed by atoms with van der Waals surface area (Å²) in [5.74, 6) is 0. The van der Waals surface area contributed by atoms with Crippen molar-refractivity contribution in [1.29, 1.82) is 0 Å². The van der Waals surface area contributed by atoms with Crippen molar-refractivity contribution in [1.82, 2.24) is 9.62 Å². The molecule has 0 amide bonds. The summed E-state index contributed by atoms with van der Waals surface area (Å²) in [6, 6.07) is 7.08. The average Bonchev–Trinajstić information content (AvgIpc) is 2.83. The lowest BCUT2D eigenvalue weighted by molar-refractivity contribution is 0.480. The van der Waals surface area contributed by atoms with Gasteiger partial charge in [0.2, 0.25) is 10.0 Å². The van der Waals surface area contributed by atoms with Gasteiger partial charge in [-0.05, 0) is 37.6 Å². The van der Waals surface area contributed by atoms with Crippen LogP contribution in [-0.2, 0) is 10.0 Å². The van der Waals surface area contributed by atoms with Crippen LogP contribution in [0, 0.1) is 6.92 Å². The molecule has 1 N–H and O–H groups in total. The lowest BCUT2D eigenvalue weighted by Gasteiger charge is -2.16. The van der Waals surface area contributed by atoms with Crippen LogP contribution in [0.2, 0.25) is 0 Å². The Morgan fingerprint density at radius 3 is 2.47 bits per heavy atom. The number of rotatable bonds is 2. The standard InChI is InChI=1S/C14H18N2O2S/c1-11-2-4-14(5-3-11)19(17,18)16-9-12-6-7-15-8-13(12)10-16/h2-5,15H,6-10H2,1H3. The van der Waals surface area contributed by atoms with Crippen LogP contribution in [0.5, 0.6) is 0 Å². The van der Waals surface area contributed by atoms with E-state index in [0.29, 0.717) is 18.0 Å². The lowest BCUT2D eigenvalue weighted by Crippen LogP contribution is -2.30. The molecule has 0 radical (unpaired) electrons. The van der Waals surface area contributed by atoms with Gasteiger partial charge in [-0.15, -0.1) is 0 Å². The number of aryl methyl sites for hydroxylation is 1.